The number of nitrogens with zero attached hydrogens (tertiary/aromatic N) is 3. The van der Waals surface area contributed by atoms with Gasteiger partial charge in [0.2, 0.25) is 5.91 Å². The summed E-state index contributed by atoms with van der Waals surface area (Å²) in [5.41, 5.74) is 12.1. The molecule has 242 valence electrons. The van der Waals surface area contributed by atoms with Gasteiger partial charge in [-0.3, -0.25) is 10.2 Å². The maximum Gasteiger partial charge on any atom is 0.241 e. The van der Waals surface area contributed by atoms with Gasteiger partial charge in [-0.15, -0.1) is 24.8 Å². The number of nitrogen functional groups attached to an aromatic ring is 1. The number of hydrogen-bond acceptors (Lipinski definition) is 5. The number of phenols is 1. The molecule has 1 aromatic heterocycles. The van der Waals surface area contributed by atoms with Crippen LogP contribution in [-0.4, -0.2) is 32.9 Å². The molecule has 5 aromatic carbocycles. The molecule has 6 aromatic rings. The summed E-state index contributed by atoms with van der Waals surface area (Å²) in [5.74, 6) is 1.19. The van der Waals surface area contributed by atoms with Crippen molar-refractivity contribution in [3.63, 3.8) is 0 Å². The lowest BCUT2D eigenvalue weighted by molar-refractivity contribution is -0.118. The summed E-state index contributed by atoms with van der Waals surface area (Å²) in [6, 6.07) is 35.2. The number of hydrogen-bond donors (Lipinski definition) is 4. The zero-order valence-electron chi connectivity index (χ0n) is 26.0. The molecule has 0 radical (unpaired) electrons. The average molecular weight is 670 g/mol. The molecular weight excluding hydrogens is 631 g/mol. The highest BCUT2D eigenvalue weighted by molar-refractivity contribution is 5.97. The largest absolute Gasteiger partial charge is 0.508 e. The van der Waals surface area contributed by atoms with Crippen molar-refractivity contribution in [3.8, 4) is 5.75 Å². The number of carbonyl (C=O) groups is 1. The number of halogens is 2. The molecular formula is C37H38Cl2N6O2. The summed E-state index contributed by atoms with van der Waals surface area (Å²) in [6.45, 7) is 1.08. The number of amides is 1. The summed E-state index contributed by atoms with van der Waals surface area (Å²) in [4.78, 5) is 20.6. The molecule has 47 heavy (non-hydrogen) atoms. The molecule has 0 atom stereocenters. The molecule has 6 rings (SSSR count). The van der Waals surface area contributed by atoms with Crippen LogP contribution in [0.2, 0.25) is 0 Å². The van der Waals surface area contributed by atoms with Crippen LogP contribution in [0.4, 0.5) is 5.69 Å². The predicted octanol–water partition coefficient (Wildman–Crippen LogP) is 6.67. The van der Waals surface area contributed by atoms with Crippen molar-refractivity contribution in [2.24, 2.45) is 12.8 Å². The van der Waals surface area contributed by atoms with Gasteiger partial charge in [0.1, 0.15) is 17.4 Å². The van der Waals surface area contributed by atoms with Gasteiger partial charge in [-0.1, -0.05) is 78.9 Å². The minimum absolute atomic E-state index is 0. The number of amidine groups is 1. The minimum atomic E-state index is -0.0498. The fourth-order valence-electron chi connectivity index (χ4n) is 5.68. The van der Waals surface area contributed by atoms with Gasteiger partial charge in [0, 0.05) is 31.3 Å². The predicted molar refractivity (Wildman–Crippen MR) is 195 cm³/mol. The molecule has 0 saturated heterocycles. The maximum atomic E-state index is 13.8. The number of fused-ring (bicyclic) bond motifs is 2. The van der Waals surface area contributed by atoms with Crippen LogP contribution in [0, 0.1) is 5.41 Å². The van der Waals surface area contributed by atoms with E-state index in [0.717, 1.165) is 62.8 Å². The highest BCUT2D eigenvalue weighted by Crippen LogP contribution is 2.27. The second kappa shape index (κ2) is 15.6. The summed E-state index contributed by atoms with van der Waals surface area (Å²) < 4.78 is 2.11. The molecule has 0 aliphatic rings. The Bertz CT molecular complexity index is 1990. The van der Waals surface area contributed by atoms with Crippen LogP contribution in [0.15, 0.2) is 109 Å². The molecule has 0 spiro atoms. The number of aromatic hydroxyl groups is 1. The Morgan fingerprint density at radius 2 is 1.60 bits per heavy atom. The van der Waals surface area contributed by atoms with Gasteiger partial charge in [-0.2, -0.15) is 0 Å². The van der Waals surface area contributed by atoms with Gasteiger partial charge in [-0.05, 0) is 64.2 Å². The van der Waals surface area contributed by atoms with Gasteiger partial charge in [-0.25, -0.2) is 4.98 Å². The fraction of sp³-hybridized carbons (Fsp3) is 0.162. The minimum Gasteiger partial charge on any atom is -0.508 e. The third-order valence-corrected chi connectivity index (χ3v) is 8.22. The highest BCUT2D eigenvalue weighted by atomic mass is 35.5. The van der Waals surface area contributed by atoms with Crippen molar-refractivity contribution in [2.75, 3.05) is 11.4 Å². The number of aryl methyl sites for hydroxylation is 3. The number of benzene rings is 5. The zero-order chi connectivity index (χ0) is 31.3. The normalized spacial score (nSPS) is 10.7. The van der Waals surface area contributed by atoms with Crippen LogP contribution in [0.25, 0.3) is 21.8 Å². The van der Waals surface area contributed by atoms with Gasteiger partial charge < -0.3 is 25.6 Å². The quantitative estimate of drug-likeness (QED) is 0.0908. The number of rotatable bonds is 11. The summed E-state index contributed by atoms with van der Waals surface area (Å²) in [7, 11) is 2.02. The molecule has 0 unspecified atom stereocenters. The Kier molecular flexibility index (Phi) is 11.6. The molecule has 0 saturated carbocycles. The Hall–Kier alpha value is -4.89. The van der Waals surface area contributed by atoms with E-state index in [-0.39, 0.29) is 48.9 Å². The molecule has 0 aliphatic carbocycles. The van der Waals surface area contributed by atoms with Crippen LogP contribution in [0.5, 0.6) is 5.75 Å². The summed E-state index contributed by atoms with van der Waals surface area (Å²) in [5, 5.41) is 22.7. The molecule has 0 bridgehead atoms. The average Bonchev–Trinajstić information content (AvgIpc) is 3.37. The second-order valence-corrected chi connectivity index (χ2v) is 11.3. The third kappa shape index (κ3) is 8.10. The van der Waals surface area contributed by atoms with E-state index in [1.165, 1.54) is 0 Å². The van der Waals surface area contributed by atoms with E-state index < -0.39 is 0 Å². The third-order valence-electron chi connectivity index (χ3n) is 8.22. The highest BCUT2D eigenvalue weighted by Gasteiger charge is 2.19. The number of aromatic nitrogens is 2. The van der Waals surface area contributed by atoms with E-state index >= 15 is 0 Å². The maximum absolute atomic E-state index is 13.8. The van der Waals surface area contributed by atoms with E-state index in [0.29, 0.717) is 18.7 Å². The summed E-state index contributed by atoms with van der Waals surface area (Å²) in [6.07, 6.45) is 1.56. The lowest BCUT2D eigenvalue weighted by Crippen LogP contribution is -2.37. The number of anilines is 1. The van der Waals surface area contributed by atoms with Crippen LogP contribution in [0.1, 0.15) is 28.1 Å². The van der Waals surface area contributed by atoms with Crippen molar-refractivity contribution in [3.05, 3.63) is 137 Å². The first-order chi connectivity index (χ1) is 21.9. The first-order valence-electron chi connectivity index (χ1n) is 15.0. The first kappa shape index (κ1) is 35.0. The molecule has 8 nitrogen and oxygen atoms in total. The monoisotopic (exact) mass is 668 g/mol. The smallest absolute Gasteiger partial charge is 0.241 e. The zero-order valence-corrected chi connectivity index (χ0v) is 27.7. The number of carbonyl (C=O) groups excluding carboxylic acids is 1. The number of nitrogens with one attached hydrogen (secondary N) is 2. The van der Waals surface area contributed by atoms with E-state index in [1.807, 2.05) is 84.7 Å². The van der Waals surface area contributed by atoms with E-state index in [9.17, 15) is 9.90 Å². The van der Waals surface area contributed by atoms with Crippen LogP contribution in [-0.2, 0) is 37.8 Å². The van der Waals surface area contributed by atoms with Crippen molar-refractivity contribution >= 4 is 64.1 Å². The standard InChI is InChI=1S/C37H36N6O2.2ClH/c1-42-34-19-16-30(21-33(34)41-35(42)20-13-25-9-14-28(15-10-25)37(38)39)43(24-29-7-4-6-27-5-2-3-8-32(27)29)36(45)23-40-22-26-11-17-31(44)18-12-26;;/h2-12,14-19,21,40,44H,13,20,22-24H2,1H3,(H3,38,39);2*1H. The molecule has 1 amide bonds. The number of phenolic OH excluding ortho intramolecular Hbond substituents is 1. The first-order valence-corrected chi connectivity index (χ1v) is 15.0. The van der Waals surface area contributed by atoms with E-state index in [2.05, 4.69) is 34.1 Å². The lowest BCUT2D eigenvalue weighted by Gasteiger charge is -2.24. The SMILES string of the molecule is Cl.Cl.Cn1c(CCc2ccc(C(=N)N)cc2)nc2cc(N(Cc3cccc4ccccc34)C(=O)CNCc3ccc(O)cc3)ccc21. The lowest BCUT2D eigenvalue weighted by atomic mass is 10.0. The number of imidazole rings is 1. The van der Waals surface area contributed by atoms with Crippen molar-refractivity contribution < 1.29 is 9.90 Å². The van der Waals surface area contributed by atoms with Gasteiger partial charge in [0.05, 0.1) is 24.1 Å². The van der Waals surface area contributed by atoms with E-state index in [1.54, 1.807) is 12.1 Å². The molecule has 5 N–H and O–H groups in total. The number of nitrogens with two attached hydrogens (primary N) is 1. The van der Waals surface area contributed by atoms with Crippen LogP contribution >= 0.6 is 24.8 Å². The summed E-state index contributed by atoms with van der Waals surface area (Å²) >= 11 is 0. The fourth-order valence-corrected chi connectivity index (χ4v) is 5.68. The molecule has 1 heterocycles. The van der Waals surface area contributed by atoms with Crippen molar-refractivity contribution in [2.45, 2.75) is 25.9 Å². The molecule has 0 fully saturated rings. The van der Waals surface area contributed by atoms with Crippen LogP contribution in [0.3, 0.4) is 0 Å². The van der Waals surface area contributed by atoms with Crippen LogP contribution < -0.4 is 16.0 Å². The molecule has 10 heteroatoms. The van der Waals surface area contributed by atoms with Gasteiger partial charge in [0.15, 0.2) is 0 Å². The van der Waals surface area contributed by atoms with Crippen molar-refractivity contribution in [1.29, 1.82) is 5.41 Å². The van der Waals surface area contributed by atoms with Crippen molar-refractivity contribution in [1.82, 2.24) is 14.9 Å². The Labute approximate surface area is 286 Å². The van der Waals surface area contributed by atoms with Gasteiger partial charge >= 0.3 is 0 Å². The molecule has 0 aliphatic heterocycles. The Morgan fingerprint density at radius 3 is 2.34 bits per heavy atom. The van der Waals surface area contributed by atoms with Gasteiger partial charge in [0.25, 0.3) is 0 Å². The second-order valence-electron chi connectivity index (χ2n) is 11.3. The Balaban J connectivity index is 0.00000250. The van der Waals surface area contributed by atoms with E-state index in [4.69, 9.17) is 16.1 Å². The Morgan fingerprint density at radius 1 is 0.894 bits per heavy atom. The topological polar surface area (TPSA) is 120 Å².